The van der Waals surface area contributed by atoms with Crippen LogP contribution in [-0.4, -0.2) is 34.1 Å². The van der Waals surface area contributed by atoms with E-state index >= 15 is 0 Å². The molecule has 7 heteroatoms. The van der Waals surface area contributed by atoms with Gasteiger partial charge in [-0.1, -0.05) is 54.0 Å². The molecule has 0 aliphatic heterocycles. The maximum atomic E-state index is 12.7. The van der Waals surface area contributed by atoms with Gasteiger partial charge in [0.25, 0.3) is 5.91 Å². The number of rotatable bonds is 7. The largest absolute Gasteiger partial charge is 0.481 e. The normalized spacial score (nSPS) is 11.9. The van der Waals surface area contributed by atoms with Crippen molar-refractivity contribution in [3.05, 3.63) is 65.0 Å². The molecule has 3 aromatic rings. The van der Waals surface area contributed by atoms with Gasteiger partial charge in [0.15, 0.2) is 6.10 Å². The van der Waals surface area contributed by atoms with Crippen molar-refractivity contribution in [2.75, 3.05) is 7.05 Å². The zero-order valence-corrected chi connectivity index (χ0v) is 16.8. The second-order valence-electron chi connectivity index (χ2n) is 6.41. The van der Waals surface area contributed by atoms with Crippen LogP contribution in [0.1, 0.15) is 25.3 Å². The minimum Gasteiger partial charge on any atom is -0.481 e. The molecule has 0 aliphatic rings. The van der Waals surface area contributed by atoms with Crippen LogP contribution in [0.25, 0.3) is 11.4 Å². The molecule has 6 nitrogen and oxygen atoms in total. The van der Waals surface area contributed by atoms with E-state index in [-0.39, 0.29) is 12.5 Å². The molecule has 0 radical (unpaired) electrons. The van der Waals surface area contributed by atoms with Crippen LogP contribution in [-0.2, 0) is 17.8 Å². The molecule has 1 unspecified atom stereocenters. The van der Waals surface area contributed by atoms with E-state index in [1.165, 1.54) is 4.90 Å². The van der Waals surface area contributed by atoms with Crippen molar-refractivity contribution in [1.82, 2.24) is 15.0 Å². The fourth-order valence-electron chi connectivity index (χ4n) is 2.81. The summed E-state index contributed by atoms with van der Waals surface area (Å²) in [7, 11) is 1.67. The van der Waals surface area contributed by atoms with Gasteiger partial charge in [-0.3, -0.25) is 4.79 Å². The van der Waals surface area contributed by atoms with Crippen molar-refractivity contribution in [2.45, 2.75) is 32.9 Å². The zero-order chi connectivity index (χ0) is 20.1. The molecule has 146 valence electrons. The van der Waals surface area contributed by atoms with Gasteiger partial charge in [0, 0.05) is 12.6 Å². The summed E-state index contributed by atoms with van der Waals surface area (Å²) in [5.41, 5.74) is 1.74. The van der Waals surface area contributed by atoms with Crippen LogP contribution in [0.3, 0.4) is 0 Å². The first-order valence-electron chi connectivity index (χ1n) is 9.06. The van der Waals surface area contributed by atoms with Gasteiger partial charge in [0.1, 0.15) is 5.75 Å². The summed E-state index contributed by atoms with van der Waals surface area (Å²) in [6.07, 6.45) is 0.198. The Morgan fingerprint density at radius 2 is 1.93 bits per heavy atom. The molecule has 2 aromatic carbocycles. The molecule has 1 amide bonds. The fraction of sp³-hybridized carbons (Fsp3) is 0.286. The van der Waals surface area contributed by atoms with E-state index in [9.17, 15) is 4.79 Å². The summed E-state index contributed by atoms with van der Waals surface area (Å²) in [6, 6.07) is 15.0. The molecule has 3 rings (SSSR count). The lowest BCUT2D eigenvalue weighted by Gasteiger charge is -2.21. The quantitative estimate of drug-likeness (QED) is 0.589. The Labute approximate surface area is 169 Å². The van der Waals surface area contributed by atoms with Gasteiger partial charge in [-0.25, -0.2) is 0 Å². The molecule has 0 saturated carbocycles. The standard InChI is InChI=1S/C21H22ClN3O3/c1-4-15-9-5-8-12-18(15)27-14(2)21(26)25(3)13-19-23-20(24-28-19)16-10-6-7-11-17(16)22/h5-12,14H,4,13H2,1-3H3. The Balaban J connectivity index is 1.65. The lowest BCUT2D eigenvalue weighted by Crippen LogP contribution is -2.37. The lowest BCUT2D eigenvalue weighted by atomic mass is 10.1. The maximum Gasteiger partial charge on any atom is 0.263 e. The number of aromatic nitrogens is 2. The molecule has 1 atom stereocenters. The summed E-state index contributed by atoms with van der Waals surface area (Å²) in [6.45, 7) is 3.96. The number of nitrogens with zero attached hydrogens (tertiary/aromatic N) is 3. The summed E-state index contributed by atoms with van der Waals surface area (Å²) in [5.74, 6) is 1.26. The predicted molar refractivity (Wildman–Crippen MR) is 107 cm³/mol. The van der Waals surface area contributed by atoms with Gasteiger partial charge in [-0.05, 0) is 37.1 Å². The van der Waals surface area contributed by atoms with E-state index in [1.54, 1.807) is 20.0 Å². The summed E-state index contributed by atoms with van der Waals surface area (Å²) < 4.78 is 11.1. The number of halogens is 1. The van der Waals surface area contributed by atoms with Crippen molar-refractivity contribution in [1.29, 1.82) is 0 Å². The average molecular weight is 400 g/mol. The highest BCUT2D eigenvalue weighted by molar-refractivity contribution is 6.33. The summed E-state index contributed by atoms with van der Waals surface area (Å²) in [4.78, 5) is 18.5. The van der Waals surface area contributed by atoms with Gasteiger partial charge in [0.2, 0.25) is 11.7 Å². The highest BCUT2D eigenvalue weighted by atomic mass is 35.5. The van der Waals surface area contributed by atoms with E-state index in [4.69, 9.17) is 20.9 Å². The molecule has 0 bridgehead atoms. The lowest BCUT2D eigenvalue weighted by molar-refractivity contribution is -0.137. The molecule has 0 fully saturated rings. The van der Waals surface area contributed by atoms with Crippen LogP contribution in [0, 0.1) is 0 Å². The number of carbonyl (C=O) groups is 1. The van der Waals surface area contributed by atoms with Crippen LogP contribution in [0.15, 0.2) is 53.1 Å². The SMILES string of the molecule is CCc1ccccc1OC(C)C(=O)N(C)Cc1nc(-c2ccccc2Cl)no1. The first-order valence-corrected chi connectivity index (χ1v) is 9.44. The third kappa shape index (κ3) is 4.51. The molecule has 0 spiro atoms. The Morgan fingerprint density at radius 1 is 1.21 bits per heavy atom. The van der Waals surface area contributed by atoms with Crippen molar-refractivity contribution >= 4 is 17.5 Å². The number of aryl methyl sites for hydroxylation is 1. The second kappa shape index (κ2) is 8.89. The van der Waals surface area contributed by atoms with E-state index in [0.717, 1.165) is 17.7 Å². The number of hydrogen-bond donors (Lipinski definition) is 0. The van der Waals surface area contributed by atoms with E-state index < -0.39 is 6.10 Å². The van der Waals surface area contributed by atoms with Gasteiger partial charge in [-0.15, -0.1) is 0 Å². The third-order valence-corrected chi connectivity index (χ3v) is 4.67. The molecular formula is C21H22ClN3O3. The van der Waals surface area contributed by atoms with E-state index in [0.29, 0.717) is 22.3 Å². The smallest absolute Gasteiger partial charge is 0.263 e. The second-order valence-corrected chi connectivity index (χ2v) is 6.81. The minimum atomic E-state index is -0.636. The number of ether oxygens (including phenoxy) is 1. The number of likely N-dealkylation sites (N-methyl/N-ethyl adjacent to an activating group) is 1. The molecule has 28 heavy (non-hydrogen) atoms. The number of para-hydroxylation sites is 1. The first kappa shape index (κ1) is 19.9. The van der Waals surface area contributed by atoms with E-state index in [2.05, 4.69) is 10.1 Å². The topological polar surface area (TPSA) is 68.5 Å². The van der Waals surface area contributed by atoms with Gasteiger partial charge in [0.05, 0.1) is 11.6 Å². The zero-order valence-electron chi connectivity index (χ0n) is 16.1. The highest BCUT2D eigenvalue weighted by Crippen LogP contribution is 2.25. The predicted octanol–water partition coefficient (Wildman–Crippen LogP) is 4.38. The van der Waals surface area contributed by atoms with E-state index in [1.807, 2.05) is 49.4 Å². The number of carbonyl (C=O) groups excluding carboxylic acids is 1. The number of hydrogen-bond acceptors (Lipinski definition) is 5. The van der Waals surface area contributed by atoms with Crippen LogP contribution < -0.4 is 4.74 Å². The van der Waals surface area contributed by atoms with Crippen molar-refractivity contribution < 1.29 is 14.1 Å². The van der Waals surface area contributed by atoms with Crippen LogP contribution >= 0.6 is 11.6 Å². The Bertz CT molecular complexity index is 957. The Hall–Kier alpha value is -2.86. The van der Waals surface area contributed by atoms with Gasteiger partial charge >= 0.3 is 0 Å². The van der Waals surface area contributed by atoms with Crippen molar-refractivity contribution in [3.8, 4) is 17.1 Å². The van der Waals surface area contributed by atoms with Crippen LogP contribution in [0.4, 0.5) is 0 Å². The molecule has 0 saturated heterocycles. The number of amides is 1. The van der Waals surface area contributed by atoms with Gasteiger partial charge in [-0.2, -0.15) is 4.98 Å². The minimum absolute atomic E-state index is 0.177. The average Bonchev–Trinajstić information content (AvgIpc) is 3.16. The maximum absolute atomic E-state index is 12.7. The Morgan fingerprint density at radius 3 is 2.68 bits per heavy atom. The molecule has 1 heterocycles. The Kier molecular flexibility index (Phi) is 6.31. The van der Waals surface area contributed by atoms with Crippen molar-refractivity contribution in [2.24, 2.45) is 0 Å². The summed E-state index contributed by atoms with van der Waals surface area (Å²) in [5, 5.41) is 4.49. The van der Waals surface area contributed by atoms with Crippen LogP contribution in [0.5, 0.6) is 5.75 Å². The molecular weight excluding hydrogens is 378 g/mol. The summed E-state index contributed by atoms with van der Waals surface area (Å²) >= 11 is 6.16. The third-order valence-electron chi connectivity index (χ3n) is 4.34. The molecule has 0 N–H and O–H groups in total. The number of benzene rings is 2. The highest BCUT2D eigenvalue weighted by Gasteiger charge is 2.22. The first-order chi connectivity index (χ1) is 13.5. The molecule has 1 aromatic heterocycles. The fourth-order valence-corrected chi connectivity index (χ4v) is 3.03. The van der Waals surface area contributed by atoms with Crippen molar-refractivity contribution in [3.63, 3.8) is 0 Å². The monoisotopic (exact) mass is 399 g/mol. The molecule has 0 aliphatic carbocycles. The van der Waals surface area contributed by atoms with Crippen LogP contribution in [0.2, 0.25) is 5.02 Å². The van der Waals surface area contributed by atoms with Gasteiger partial charge < -0.3 is 14.2 Å².